The first kappa shape index (κ1) is 19.2. The Balaban J connectivity index is 1.95. The molecule has 4 nitrogen and oxygen atoms in total. The molecule has 29 heavy (non-hydrogen) atoms. The van der Waals surface area contributed by atoms with Gasteiger partial charge in [0.15, 0.2) is 0 Å². The SMILES string of the molecule is CCOC(=O)c1c(CNC)c2ccccc2n1Cc1cccc2ccc(F)cc12. The minimum atomic E-state index is -0.347. The molecule has 0 bridgehead atoms. The normalized spacial score (nSPS) is 11.3. The Morgan fingerprint density at radius 2 is 1.90 bits per heavy atom. The lowest BCUT2D eigenvalue weighted by atomic mass is 10.0. The molecule has 0 aliphatic carbocycles. The second kappa shape index (κ2) is 8.05. The van der Waals surface area contributed by atoms with Crippen LogP contribution in [0, 0.1) is 5.82 Å². The molecular weight excluding hydrogens is 367 g/mol. The lowest BCUT2D eigenvalue weighted by Crippen LogP contribution is -2.17. The Bertz CT molecular complexity index is 1200. The minimum Gasteiger partial charge on any atom is -0.461 e. The topological polar surface area (TPSA) is 43.3 Å². The predicted molar refractivity (Wildman–Crippen MR) is 114 cm³/mol. The Hall–Kier alpha value is -3.18. The van der Waals surface area contributed by atoms with Gasteiger partial charge in [0, 0.05) is 29.6 Å². The number of aromatic nitrogens is 1. The number of hydrogen-bond donors (Lipinski definition) is 1. The summed E-state index contributed by atoms with van der Waals surface area (Å²) in [5.74, 6) is -0.621. The summed E-state index contributed by atoms with van der Waals surface area (Å²) in [6.07, 6.45) is 0. The van der Waals surface area contributed by atoms with Gasteiger partial charge in [-0.2, -0.15) is 0 Å². The summed E-state index contributed by atoms with van der Waals surface area (Å²) in [6.45, 7) is 3.10. The Kier molecular flexibility index (Phi) is 5.32. The number of benzene rings is 3. The number of carbonyl (C=O) groups excluding carboxylic acids is 1. The van der Waals surface area contributed by atoms with E-state index in [0.29, 0.717) is 25.4 Å². The molecule has 1 heterocycles. The third kappa shape index (κ3) is 3.49. The Morgan fingerprint density at radius 3 is 2.69 bits per heavy atom. The minimum absolute atomic E-state index is 0.274. The van der Waals surface area contributed by atoms with E-state index in [1.807, 2.05) is 54.1 Å². The number of hydrogen-bond acceptors (Lipinski definition) is 3. The van der Waals surface area contributed by atoms with Crippen LogP contribution in [0.3, 0.4) is 0 Å². The smallest absolute Gasteiger partial charge is 0.355 e. The van der Waals surface area contributed by atoms with E-state index < -0.39 is 0 Å². The molecule has 0 fully saturated rings. The van der Waals surface area contributed by atoms with Gasteiger partial charge in [-0.15, -0.1) is 0 Å². The van der Waals surface area contributed by atoms with Crippen LogP contribution in [0.1, 0.15) is 28.5 Å². The van der Waals surface area contributed by atoms with Crippen LogP contribution in [0.15, 0.2) is 60.7 Å². The standard InChI is InChI=1S/C24H23FN2O2/c1-3-29-24(28)23-21(14-26-2)19-9-4-5-10-22(19)27(23)15-17-8-6-7-16-11-12-18(25)13-20(16)17/h4-13,26H,3,14-15H2,1-2H3. The van der Waals surface area contributed by atoms with E-state index in [1.54, 1.807) is 19.1 Å². The van der Waals surface area contributed by atoms with E-state index in [1.165, 1.54) is 6.07 Å². The van der Waals surface area contributed by atoms with Crippen molar-refractivity contribution < 1.29 is 13.9 Å². The van der Waals surface area contributed by atoms with Crippen LogP contribution in [0.2, 0.25) is 0 Å². The van der Waals surface area contributed by atoms with Crippen molar-refractivity contribution in [2.45, 2.75) is 20.0 Å². The molecule has 0 unspecified atom stereocenters. The van der Waals surface area contributed by atoms with Gasteiger partial charge in [-0.25, -0.2) is 9.18 Å². The number of halogens is 1. The van der Waals surface area contributed by atoms with E-state index in [0.717, 1.165) is 32.8 Å². The molecule has 0 aliphatic rings. The number of nitrogens with zero attached hydrogens (tertiary/aromatic N) is 1. The summed E-state index contributed by atoms with van der Waals surface area (Å²) < 4.78 is 21.3. The zero-order valence-electron chi connectivity index (χ0n) is 16.5. The van der Waals surface area contributed by atoms with Crippen molar-refractivity contribution in [2.24, 2.45) is 0 Å². The first-order valence-electron chi connectivity index (χ1n) is 9.73. The number of rotatable bonds is 6. The van der Waals surface area contributed by atoms with Crippen molar-refractivity contribution in [3.63, 3.8) is 0 Å². The Morgan fingerprint density at radius 1 is 1.07 bits per heavy atom. The molecule has 0 radical (unpaired) electrons. The number of ether oxygens (including phenoxy) is 1. The van der Waals surface area contributed by atoms with Crippen LogP contribution >= 0.6 is 0 Å². The highest BCUT2D eigenvalue weighted by Gasteiger charge is 2.23. The van der Waals surface area contributed by atoms with Gasteiger partial charge < -0.3 is 14.6 Å². The summed E-state index contributed by atoms with van der Waals surface area (Å²) in [5, 5.41) is 5.98. The fourth-order valence-corrected chi connectivity index (χ4v) is 3.95. The molecule has 0 aliphatic heterocycles. The van der Waals surface area contributed by atoms with Gasteiger partial charge in [0.05, 0.1) is 6.61 Å². The van der Waals surface area contributed by atoms with Crippen molar-refractivity contribution in [3.05, 3.63) is 83.3 Å². The number of fused-ring (bicyclic) bond motifs is 2. The lowest BCUT2D eigenvalue weighted by molar-refractivity contribution is 0.0513. The fourth-order valence-electron chi connectivity index (χ4n) is 3.95. The van der Waals surface area contributed by atoms with E-state index in [2.05, 4.69) is 5.32 Å². The first-order chi connectivity index (χ1) is 14.1. The molecule has 1 aromatic heterocycles. The van der Waals surface area contributed by atoms with E-state index in [-0.39, 0.29) is 11.8 Å². The second-order valence-electron chi connectivity index (χ2n) is 6.96. The number of esters is 1. The summed E-state index contributed by atoms with van der Waals surface area (Å²) in [6, 6.07) is 18.6. The number of para-hydroxylation sites is 1. The van der Waals surface area contributed by atoms with Crippen LogP contribution in [0.4, 0.5) is 4.39 Å². The van der Waals surface area contributed by atoms with Gasteiger partial charge in [0.1, 0.15) is 11.5 Å². The molecule has 4 rings (SSSR count). The largest absolute Gasteiger partial charge is 0.461 e. The molecule has 0 amide bonds. The molecule has 0 spiro atoms. The summed E-state index contributed by atoms with van der Waals surface area (Å²) in [4.78, 5) is 12.9. The van der Waals surface area contributed by atoms with Crippen LogP contribution in [-0.2, 0) is 17.8 Å². The van der Waals surface area contributed by atoms with Crippen molar-refractivity contribution >= 4 is 27.6 Å². The summed E-state index contributed by atoms with van der Waals surface area (Å²) in [7, 11) is 1.86. The van der Waals surface area contributed by atoms with Crippen LogP contribution in [0.25, 0.3) is 21.7 Å². The third-order valence-corrected chi connectivity index (χ3v) is 5.16. The highest BCUT2D eigenvalue weighted by atomic mass is 19.1. The maximum Gasteiger partial charge on any atom is 0.355 e. The molecular formula is C24H23FN2O2. The van der Waals surface area contributed by atoms with Gasteiger partial charge in [-0.05, 0) is 48.5 Å². The van der Waals surface area contributed by atoms with E-state index >= 15 is 0 Å². The summed E-state index contributed by atoms with van der Waals surface area (Å²) in [5.41, 5.74) is 3.35. The third-order valence-electron chi connectivity index (χ3n) is 5.16. The average molecular weight is 390 g/mol. The molecule has 0 saturated heterocycles. The number of nitrogens with one attached hydrogen (secondary N) is 1. The predicted octanol–water partition coefficient (Wildman–Crippen LogP) is 4.88. The van der Waals surface area contributed by atoms with Gasteiger partial charge in [0.25, 0.3) is 0 Å². The van der Waals surface area contributed by atoms with Crippen LogP contribution < -0.4 is 5.32 Å². The van der Waals surface area contributed by atoms with Crippen molar-refractivity contribution in [3.8, 4) is 0 Å². The zero-order valence-corrected chi connectivity index (χ0v) is 16.5. The molecule has 0 saturated carbocycles. The lowest BCUT2D eigenvalue weighted by Gasteiger charge is -2.13. The number of carbonyl (C=O) groups is 1. The molecule has 3 aromatic carbocycles. The zero-order chi connectivity index (χ0) is 20.4. The molecule has 4 aromatic rings. The first-order valence-corrected chi connectivity index (χ1v) is 9.73. The van der Waals surface area contributed by atoms with Gasteiger partial charge in [-0.3, -0.25) is 0 Å². The molecule has 1 N–H and O–H groups in total. The quantitative estimate of drug-likeness (QED) is 0.477. The van der Waals surface area contributed by atoms with Crippen molar-refractivity contribution in [1.82, 2.24) is 9.88 Å². The Labute approximate surface area is 168 Å². The van der Waals surface area contributed by atoms with Gasteiger partial charge >= 0.3 is 5.97 Å². The van der Waals surface area contributed by atoms with Gasteiger partial charge in [-0.1, -0.05) is 42.5 Å². The molecule has 148 valence electrons. The van der Waals surface area contributed by atoms with Crippen LogP contribution in [-0.4, -0.2) is 24.2 Å². The molecule has 0 atom stereocenters. The second-order valence-corrected chi connectivity index (χ2v) is 6.96. The fraction of sp³-hybridized carbons (Fsp3) is 0.208. The highest BCUT2D eigenvalue weighted by Crippen LogP contribution is 2.30. The van der Waals surface area contributed by atoms with E-state index in [9.17, 15) is 9.18 Å². The monoisotopic (exact) mass is 390 g/mol. The van der Waals surface area contributed by atoms with Gasteiger partial charge in [0.2, 0.25) is 0 Å². The summed E-state index contributed by atoms with van der Waals surface area (Å²) >= 11 is 0. The average Bonchev–Trinajstić information content (AvgIpc) is 3.03. The van der Waals surface area contributed by atoms with Crippen molar-refractivity contribution in [1.29, 1.82) is 0 Å². The maximum atomic E-state index is 13.9. The van der Waals surface area contributed by atoms with Crippen LogP contribution in [0.5, 0.6) is 0 Å². The van der Waals surface area contributed by atoms with Crippen molar-refractivity contribution in [2.75, 3.05) is 13.7 Å². The maximum absolute atomic E-state index is 13.9. The van der Waals surface area contributed by atoms with E-state index in [4.69, 9.17) is 4.74 Å². The molecule has 5 heteroatoms. The highest BCUT2D eigenvalue weighted by molar-refractivity contribution is 5.99.